The largest absolute Gasteiger partial charge is 0.395 e. The molecule has 4 unspecified atom stereocenters. The van der Waals surface area contributed by atoms with Crippen LogP contribution in [0.3, 0.4) is 0 Å². The molecule has 2 saturated heterocycles. The molecule has 0 aromatic heterocycles. The first-order valence-electron chi connectivity index (χ1n) is 6.07. The summed E-state index contributed by atoms with van der Waals surface area (Å²) in [6, 6.07) is 0. The molecule has 0 aromatic carbocycles. The molecule has 6 heteroatoms. The molecule has 2 aliphatic rings. The minimum Gasteiger partial charge on any atom is -0.395 e. The first-order chi connectivity index (χ1) is 8.31. The zero-order valence-electron chi connectivity index (χ0n) is 9.79. The van der Waals surface area contributed by atoms with E-state index >= 15 is 0 Å². The van der Waals surface area contributed by atoms with Gasteiger partial charge in [-0.1, -0.05) is 0 Å². The van der Waals surface area contributed by atoms with Crippen LogP contribution in [0.5, 0.6) is 0 Å². The van der Waals surface area contributed by atoms with E-state index in [0.717, 1.165) is 11.5 Å². The maximum atomic E-state index is 9.07. The van der Waals surface area contributed by atoms with Crippen LogP contribution in [0.15, 0.2) is 0 Å². The smallest absolute Gasteiger partial charge is 0.0558 e. The van der Waals surface area contributed by atoms with Gasteiger partial charge < -0.3 is 10.2 Å². The van der Waals surface area contributed by atoms with Crippen LogP contribution in [0.25, 0.3) is 0 Å². The second-order valence-electron chi connectivity index (χ2n) is 4.34. The van der Waals surface area contributed by atoms with E-state index in [-0.39, 0.29) is 0 Å². The quantitative estimate of drug-likeness (QED) is 0.785. The molecule has 2 nitrogen and oxygen atoms in total. The van der Waals surface area contributed by atoms with Crippen LogP contribution >= 0.6 is 47.0 Å². The van der Waals surface area contributed by atoms with Crippen molar-refractivity contribution < 1.29 is 10.2 Å². The highest BCUT2D eigenvalue weighted by atomic mass is 32.2. The van der Waals surface area contributed by atoms with Crippen molar-refractivity contribution in [3.8, 4) is 0 Å². The van der Waals surface area contributed by atoms with Gasteiger partial charge in [0.1, 0.15) is 0 Å². The first kappa shape index (κ1) is 14.7. The summed E-state index contributed by atoms with van der Waals surface area (Å²) in [5.41, 5.74) is 0. The molecule has 0 radical (unpaired) electrons. The zero-order valence-corrected chi connectivity index (χ0v) is 13.1. The fourth-order valence-electron chi connectivity index (χ4n) is 1.96. The van der Waals surface area contributed by atoms with Crippen molar-refractivity contribution in [2.75, 3.05) is 24.7 Å². The highest BCUT2D eigenvalue weighted by Gasteiger charge is 2.27. The number of hydrogen-bond acceptors (Lipinski definition) is 6. The maximum Gasteiger partial charge on any atom is 0.0558 e. The molecule has 2 N–H and O–H groups in total. The first-order valence-corrected chi connectivity index (χ1v) is 10.1. The van der Waals surface area contributed by atoms with E-state index in [2.05, 4.69) is 0 Å². The van der Waals surface area contributed by atoms with Gasteiger partial charge in [-0.25, -0.2) is 0 Å². The van der Waals surface area contributed by atoms with E-state index in [1.807, 2.05) is 47.0 Å². The summed E-state index contributed by atoms with van der Waals surface area (Å²) in [5, 5.41) is 19.1. The molecular formula is C11H20O2S4. The van der Waals surface area contributed by atoms with Crippen molar-refractivity contribution in [3.05, 3.63) is 0 Å². The maximum absolute atomic E-state index is 9.07. The molecule has 4 atom stereocenters. The Morgan fingerprint density at radius 1 is 0.824 bits per heavy atom. The molecule has 0 spiro atoms. The Balaban J connectivity index is 1.55. The second kappa shape index (κ2) is 7.80. The Kier molecular flexibility index (Phi) is 6.75. The Morgan fingerprint density at radius 2 is 1.29 bits per heavy atom. The van der Waals surface area contributed by atoms with Gasteiger partial charge in [-0.15, -0.1) is 47.0 Å². The van der Waals surface area contributed by atoms with Crippen LogP contribution in [0.4, 0.5) is 0 Å². The molecule has 0 amide bonds. The van der Waals surface area contributed by atoms with Gasteiger partial charge in [-0.3, -0.25) is 0 Å². The van der Waals surface area contributed by atoms with Gasteiger partial charge in [-0.05, 0) is 19.3 Å². The molecule has 0 aliphatic carbocycles. The van der Waals surface area contributed by atoms with Gasteiger partial charge in [0.2, 0.25) is 0 Å². The van der Waals surface area contributed by atoms with Crippen LogP contribution in [-0.2, 0) is 0 Å². The Hall–Kier alpha value is 1.32. The van der Waals surface area contributed by atoms with Crippen LogP contribution in [0.2, 0.25) is 0 Å². The van der Waals surface area contributed by atoms with E-state index in [9.17, 15) is 0 Å². The SMILES string of the molecule is OCC1CSC(CCCC2SCC(CO)S2)S1. The lowest BCUT2D eigenvalue weighted by atomic mass is 10.3. The highest BCUT2D eigenvalue weighted by Crippen LogP contribution is 2.43. The van der Waals surface area contributed by atoms with Crippen molar-refractivity contribution in [3.63, 3.8) is 0 Å². The van der Waals surface area contributed by atoms with E-state index in [1.54, 1.807) is 0 Å². The molecule has 0 aromatic rings. The number of hydrogen-bond donors (Lipinski definition) is 2. The normalized spacial score (nSPS) is 37.8. The van der Waals surface area contributed by atoms with Crippen LogP contribution in [-0.4, -0.2) is 54.6 Å². The van der Waals surface area contributed by atoms with Gasteiger partial charge in [0.15, 0.2) is 0 Å². The fourth-order valence-corrected chi connectivity index (χ4v) is 8.48. The molecule has 2 aliphatic heterocycles. The fraction of sp³-hybridized carbons (Fsp3) is 1.00. The average molecular weight is 313 g/mol. The summed E-state index contributed by atoms with van der Waals surface area (Å²) in [6.45, 7) is 0.668. The number of thioether (sulfide) groups is 4. The summed E-state index contributed by atoms with van der Waals surface area (Å²) in [7, 11) is 0. The van der Waals surface area contributed by atoms with Crippen molar-refractivity contribution in [1.29, 1.82) is 0 Å². The van der Waals surface area contributed by atoms with Gasteiger partial charge in [0.05, 0.1) is 22.4 Å². The zero-order chi connectivity index (χ0) is 12.1. The van der Waals surface area contributed by atoms with E-state index < -0.39 is 0 Å². The molecule has 100 valence electrons. The van der Waals surface area contributed by atoms with Crippen molar-refractivity contribution in [2.24, 2.45) is 0 Å². The minimum absolute atomic E-state index is 0.334. The molecule has 0 bridgehead atoms. The third-order valence-corrected chi connectivity index (χ3v) is 9.70. The standard InChI is InChI=1S/C11H20O2S4/c12-4-8-6-14-10(16-8)2-1-3-11-15-7-9(5-13)17-11/h8-13H,1-7H2. The topological polar surface area (TPSA) is 40.5 Å². The van der Waals surface area contributed by atoms with Crippen LogP contribution in [0.1, 0.15) is 19.3 Å². The van der Waals surface area contributed by atoms with Gasteiger partial charge in [0, 0.05) is 22.0 Å². The molecule has 2 rings (SSSR count). The molecule has 2 heterocycles. The third kappa shape index (κ3) is 4.73. The minimum atomic E-state index is 0.334. The van der Waals surface area contributed by atoms with Crippen molar-refractivity contribution >= 4 is 47.0 Å². The summed E-state index contributed by atoms with van der Waals surface area (Å²) < 4.78 is 1.41. The van der Waals surface area contributed by atoms with Gasteiger partial charge >= 0.3 is 0 Å². The summed E-state index contributed by atoms with van der Waals surface area (Å²) in [6.07, 6.45) is 3.83. The molecule has 2 fully saturated rings. The van der Waals surface area contributed by atoms with Crippen LogP contribution in [0, 0.1) is 0 Å². The van der Waals surface area contributed by atoms with Crippen molar-refractivity contribution in [1.82, 2.24) is 0 Å². The Morgan fingerprint density at radius 3 is 1.65 bits per heavy atom. The van der Waals surface area contributed by atoms with E-state index in [0.29, 0.717) is 32.9 Å². The monoisotopic (exact) mass is 312 g/mol. The van der Waals surface area contributed by atoms with E-state index in [4.69, 9.17) is 10.2 Å². The number of rotatable bonds is 6. The average Bonchev–Trinajstić information content (AvgIpc) is 2.97. The highest BCUT2D eigenvalue weighted by molar-refractivity contribution is 8.20. The lowest BCUT2D eigenvalue weighted by Gasteiger charge is -2.11. The van der Waals surface area contributed by atoms with E-state index in [1.165, 1.54) is 19.3 Å². The molecule has 0 saturated carbocycles. The summed E-state index contributed by atoms with van der Waals surface area (Å²) in [4.78, 5) is 0. The summed E-state index contributed by atoms with van der Waals surface area (Å²) >= 11 is 7.94. The predicted molar refractivity (Wildman–Crippen MR) is 83.3 cm³/mol. The van der Waals surface area contributed by atoms with Crippen molar-refractivity contribution in [2.45, 2.75) is 38.9 Å². The van der Waals surface area contributed by atoms with Crippen LogP contribution < -0.4 is 0 Å². The Labute approximate surface area is 120 Å². The number of aliphatic hydroxyl groups excluding tert-OH is 2. The van der Waals surface area contributed by atoms with Gasteiger partial charge in [-0.2, -0.15) is 0 Å². The lowest BCUT2D eigenvalue weighted by Crippen LogP contribution is -2.07. The third-order valence-electron chi connectivity index (χ3n) is 2.91. The van der Waals surface area contributed by atoms with Gasteiger partial charge in [0.25, 0.3) is 0 Å². The lowest BCUT2D eigenvalue weighted by molar-refractivity contribution is 0.301. The second-order valence-corrected chi connectivity index (χ2v) is 10.4. The Bertz CT molecular complexity index is 208. The molecule has 17 heavy (non-hydrogen) atoms. The predicted octanol–water partition coefficient (Wildman–Crippen LogP) is 2.49. The number of aliphatic hydroxyl groups is 2. The summed E-state index contributed by atoms with van der Waals surface area (Å²) in [5.74, 6) is 2.23. The molecular weight excluding hydrogens is 292 g/mol.